The van der Waals surface area contributed by atoms with Gasteiger partial charge in [-0.2, -0.15) is 5.10 Å². The maximum atomic E-state index is 9.73. The maximum absolute atomic E-state index is 9.73. The van der Waals surface area contributed by atoms with Gasteiger partial charge in [-0.05, 0) is 42.0 Å². The number of hydrogen-bond donors (Lipinski definition) is 3. The van der Waals surface area contributed by atoms with Crippen LogP contribution in [-0.2, 0) is 0 Å². The van der Waals surface area contributed by atoms with Crippen LogP contribution in [0.1, 0.15) is 17.0 Å². The Kier molecular flexibility index (Phi) is 4.19. The molecule has 0 aromatic heterocycles. The van der Waals surface area contributed by atoms with Crippen LogP contribution in [0.3, 0.4) is 0 Å². The molecule has 0 aliphatic carbocycles. The highest BCUT2D eigenvalue weighted by Gasteiger charge is 2.29. The van der Waals surface area contributed by atoms with Gasteiger partial charge in [-0.1, -0.05) is 30.3 Å². The molecule has 0 spiro atoms. The summed E-state index contributed by atoms with van der Waals surface area (Å²) in [4.78, 5) is 0. The first-order valence-electron chi connectivity index (χ1n) is 8.34. The van der Waals surface area contributed by atoms with Crippen LogP contribution in [0, 0.1) is 0 Å². The van der Waals surface area contributed by atoms with E-state index in [4.69, 9.17) is 4.74 Å². The summed E-state index contributed by atoms with van der Waals surface area (Å²) < 4.78 is 5.85. The largest absolute Gasteiger partial charge is 0.508 e. The van der Waals surface area contributed by atoms with Crippen molar-refractivity contribution >= 4 is 11.4 Å². The lowest BCUT2D eigenvalue weighted by molar-refractivity contribution is 0.300. The lowest BCUT2D eigenvalue weighted by Crippen LogP contribution is -2.27. The molecule has 3 N–H and O–H groups in total. The first-order chi connectivity index (χ1) is 12.7. The molecule has 1 aliphatic heterocycles. The van der Waals surface area contributed by atoms with E-state index < -0.39 is 0 Å². The molecule has 4 rings (SSSR count). The van der Waals surface area contributed by atoms with Gasteiger partial charge in [-0.15, -0.1) is 0 Å². The molecule has 130 valence electrons. The van der Waals surface area contributed by atoms with E-state index in [1.807, 2.05) is 48.5 Å². The Bertz CT molecular complexity index is 937. The number of para-hydroxylation sites is 1. The van der Waals surface area contributed by atoms with E-state index in [0.29, 0.717) is 12.4 Å². The summed E-state index contributed by atoms with van der Waals surface area (Å²) in [5.41, 5.74) is 6.63. The number of aromatic hydroxyl groups is 2. The fraction of sp³-hybridized carbons (Fsp3) is 0.0952. The zero-order chi connectivity index (χ0) is 17.9. The molecule has 0 saturated carbocycles. The van der Waals surface area contributed by atoms with Crippen LogP contribution < -0.4 is 10.2 Å². The van der Waals surface area contributed by atoms with Gasteiger partial charge in [0.05, 0.1) is 17.3 Å². The van der Waals surface area contributed by atoms with Gasteiger partial charge in [0.25, 0.3) is 0 Å². The number of hydrazone groups is 1. The molecule has 26 heavy (non-hydrogen) atoms. The molecule has 0 radical (unpaired) electrons. The Balaban J connectivity index is 1.75. The smallest absolute Gasteiger partial charge is 0.132 e. The van der Waals surface area contributed by atoms with E-state index in [9.17, 15) is 10.2 Å². The molecule has 5 nitrogen and oxygen atoms in total. The maximum Gasteiger partial charge on any atom is 0.132 e. The van der Waals surface area contributed by atoms with Gasteiger partial charge >= 0.3 is 0 Å². The lowest BCUT2D eigenvalue weighted by Gasteiger charge is -2.27. The quantitative estimate of drug-likeness (QED) is 0.625. The summed E-state index contributed by atoms with van der Waals surface area (Å²) in [7, 11) is 0. The molecule has 3 aromatic carbocycles. The van der Waals surface area contributed by atoms with E-state index in [1.165, 1.54) is 0 Å². The zero-order valence-corrected chi connectivity index (χ0v) is 14.0. The van der Waals surface area contributed by atoms with Crippen LogP contribution in [-0.4, -0.2) is 22.5 Å². The average Bonchev–Trinajstić information content (AvgIpc) is 2.67. The summed E-state index contributed by atoms with van der Waals surface area (Å²) in [6.07, 6.45) is 0. The molecular formula is C21H18N2O3. The molecule has 1 unspecified atom stereocenters. The Morgan fingerprint density at radius 3 is 2.38 bits per heavy atom. The second kappa shape index (κ2) is 6.80. The Morgan fingerprint density at radius 2 is 1.62 bits per heavy atom. The Labute approximate surface area is 151 Å². The first kappa shape index (κ1) is 16.0. The predicted octanol–water partition coefficient (Wildman–Crippen LogP) is 4.09. The molecule has 1 atom stereocenters. The summed E-state index contributed by atoms with van der Waals surface area (Å²) in [6, 6.07) is 21.8. The molecule has 5 heteroatoms. The van der Waals surface area contributed by atoms with Crippen molar-refractivity contribution in [3.05, 3.63) is 83.9 Å². The highest BCUT2D eigenvalue weighted by molar-refractivity contribution is 6.08. The van der Waals surface area contributed by atoms with Crippen LogP contribution in [0.2, 0.25) is 0 Å². The van der Waals surface area contributed by atoms with Crippen molar-refractivity contribution < 1.29 is 14.9 Å². The highest BCUT2D eigenvalue weighted by Crippen LogP contribution is 2.35. The highest BCUT2D eigenvalue weighted by atomic mass is 16.5. The minimum absolute atomic E-state index is 0.0937. The number of phenols is 2. The molecule has 0 fully saturated rings. The molecular weight excluding hydrogens is 328 g/mol. The zero-order valence-electron chi connectivity index (χ0n) is 14.0. The normalized spacial score (nSPS) is 17.4. The van der Waals surface area contributed by atoms with Crippen LogP contribution >= 0.6 is 0 Å². The number of phenolic OH excluding ortho intramolecular Hbond substituents is 2. The number of anilines is 1. The summed E-state index contributed by atoms with van der Waals surface area (Å²) >= 11 is 0. The van der Waals surface area contributed by atoms with Gasteiger partial charge in [0, 0.05) is 11.6 Å². The lowest BCUT2D eigenvalue weighted by atomic mass is 9.88. The fourth-order valence-electron chi connectivity index (χ4n) is 3.02. The average molecular weight is 346 g/mol. The number of fused-ring (bicyclic) bond motifs is 1. The number of hydrogen-bond acceptors (Lipinski definition) is 5. The minimum atomic E-state index is -0.0937. The Morgan fingerprint density at radius 1 is 0.885 bits per heavy atom. The standard InChI is InChI=1S/C21H18N2O3/c24-16-8-6-14(7-9-16)19-13-26-20-12-17(25)10-11-18(20)21(19)23-22-15-4-2-1-3-5-15/h1-12,19,22,24-25H,13H2. The third-order valence-corrected chi connectivity index (χ3v) is 4.35. The van der Waals surface area contributed by atoms with Gasteiger partial charge in [-0.25, -0.2) is 0 Å². The van der Waals surface area contributed by atoms with Crippen molar-refractivity contribution in [2.45, 2.75) is 5.92 Å². The van der Waals surface area contributed by atoms with Gasteiger partial charge < -0.3 is 14.9 Å². The molecule has 0 amide bonds. The fourth-order valence-corrected chi connectivity index (χ4v) is 3.02. The van der Waals surface area contributed by atoms with Crippen molar-refractivity contribution in [3.8, 4) is 17.2 Å². The summed E-state index contributed by atoms with van der Waals surface area (Å²) in [5, 5.41) is 23.9. The number of nitrogens with zero attached hydrogens (tertiary/aromatic N) is 1. The van der Waals surface area contributed by atoms with Gasteiger partial charge in [0.1, 0.15) is 23.9 Å². The van der Waals surface area contributed by atoms with E-state index >= 15 is 0 Å². The molecule has 3 aromatic rings. The SMILES string of the molecule is Oc1ccc(C2COc3cc(O)ccc3C2=NNc2ccccc2)cc1. The van der Waals surface area contributed by atoms with E-state index in [1.54, 1.807) is 24.3 Å². The van der Waals surface area contributed by atoms with Gasteiger partial charge in [-0.3, -0.25) is 5.43 Å². The van der Waals surface area contributed by atoms with Crippen LogP contribution in [0.25, 0.3) is 0 Å². The minimum Gasteiger partial charge on any atom is -0.508 e. The van der Waals surface area contributed by atoms with Crippen LogP contribution in [0.15, 0.2) is 77.9 Å². The number of rotatable bonds is 3. The van der Waals surface area contributed by atoms with Crippen molar-refractivity contribution in [3.63, 3.8) is 0 Å². The molecule has 0 saturated heterocycles. The van der Waals surface area contributed by atoms with Crippen LogP contribution in [0.4, 0.5) is 5.69 Å². The predicted molar refractivity (Wildman–Crippen MR) is 101 cm³/mol. The molecule has 1 heterocycles. The number of nitrogens with one attached hydrogen (secondary N) is 1. The third-order valence-electron chi connectivity index (χ3n) is 4.35. The molecule has 1 aliphatic rings. The second-order valence-corrected chi connectivity index (χ2v) is 6.11. The van der Waals surface area contributed by atoms with E-state index in [2.05, 4.69) is 10.5 Å². The van der Waals surface area contributed by atoms with Crippen molar-refractivity contribution in [1.29, 1.82) is 0 Å². The summed E-state index contributed by atoms with van der Waals surface area (Å²) in [5.74, 6) is 0.886. The van der Waals surface area contributed by atoms with E-state index in [-0.39, 0.29) is 17.4 Å². The van der Waals surface area contributed by atoms with E-state index in [0.717, 1.165) is 22.5 Å². The van der Waals surface area contributed by atoms with Crippen molar-refractivity contribution in [2.75, 3.05) is 12.0 Å². The van der Waals surface area contributed by atoms with Gasteiger partial charge in [0.2, 0.25) is 0 Å². The first-order valence-corrected chi connectivity index (χ1v) is 8.34. The number of ether oxygens (including phenoxy) is 1. The number of benzene rings is 3. The van der Waals surface area contributed by atoms with Crippen molar-refractivity contribution in [2.24, 2.45) is 5.10 Å². The van der Waals surface area contributed by atoms with Crippen molar-refractivity contribution in [1.82, 2.24) is 0 Å². The van der Waals surface area contributed by atoms with Crippen LogP contribution in [0.5, 0.6) is 17.2 Å². The second-order valence-electron chi connectivity index (χ2n) is 6.11. The Hall–Kier alpha value is -3.47. The third kappa shape index (κ3) is 3.19. The molecule has 0 bridgehead atoms. The monoisotopic (exact) mass is 346 g/mol. The van der Waals surface area contributed by atoms with Gasteiger partial charge in [0.15, 0.2) is 0 Å². The summed E-state index contributed by atoms with van der Waals surface area (Å²) in [6.45, 7) is 0.399. The topological polar surface area (TPSA) is 74.1 Å².